The van der Waals surface area contributed by atoms with Crippen molar-refractivity contribution in [1.29, 1.82) is 0 Å². The van der Waals surface area contributed by atoms with Crippen molar-refractivity contribution in [2.24, 2.45) is 0 Å². The summed E-state index contributed by atoms with van der Waals surface area (Å²) in [6.07, 6.45) is 7.05. The van der Waals surface area contributed by atoms with Gasteiger partial charge in [-0.25, -0.2) is 0 Å². The van der Waals surface area contributed by atoms with Crippen molar-refractivity contribution in [3.8, 4) is 0 Å². The van der Waals surface area contributed by atoms with E-state index in [1.165, 1.54) is 19.3 Å². The van der Waals surface area contributed by atoms with E-state index in [0.29, 0.717) is 0 Å². The van der Waals surface area contributed by atoms with E-state index in [4.69, 9.17) is 12.3 Å². The van der Waals surface area contributed by atoms with Gasteiger partial charge in [-0.2, -0.15) is 0 Å². The van der Waals surface area contributed by atoms with Crippen molar-refractivity contribution in [3.63, 3.8) is 0 Å². The minimum absolute atomic E-state index is 0.201. The summed E-state index contributed by atoms with van der Waals surface area (Å²) in [5, 5.41) is 0.262. The molecule has 0 aromatic heterocycles. The van der Waals surface area contributed by atoms with Gasteiger partial charge in [-0.3, -0.25) is 0 Å². The van der Waals surface area contributed by atoms with Crippen LogP contribution >= 0.6 is 0 Å². The highest BCUT2D eigenvalue weighted by atomic mass is 28.4. The lowest BCUT2D eigenvalue weighted by atomic mass is 10.1. The zero-order chi connectivity index (χ0) is 13.5. The van der Waals surface area contributed by atoms with Crippen molar-refractivity contribution in [2.45, 2.75) is 77.6 Å². The Morgan fingerprint density at radius 1 is 1.24 bits per heavy atom. The molecule has 0 fully saturated rings. The van der Waals surface area contributed by atoms with Gasteiger partial charge in [0, 0.05) is 0 Å². The average molecular weight is 252 g/mol. The van der Waals surface area contributed by atoms with E-state index in [9.17, 15) is 0 Å². The minimum atomic E-state index is -1.67. The molecular formula is C14H29BOSi. The van der Waals surface area contributed by atoms with Crippen molar-refractivity contribution < 1.29 is 4.43 Å². The second kappa shape index (κ2) is 7.42. The molecule has 0 N–H and O–H groups in total. The summed E-state index contributed by atoms with van der Waals surface area (Å²) in [5.41, 5.74) is 0. The highest BCUT2D eigenvalue weighted by Crippen LogP contribution is 2.37. The van der Waals surface area contributed by atoms with Gasteiger partial charge in [0.05, 0.1) is 6.10 Å². The first-order chi connectivity index (χ1) is 7.74. The van der Waals surface area contributed by atoms with Gasteiger partial charge in [-0.15, -0.1) is 5.98 Å². The van der Waals surface area contributed by atoms with E-state index in [1.54, 1.807) is 5.98 Å². The van der Waals surface area contributed by atoms with Crippen LogP contribution in [0.25, 0.3) is 0 Å². The lowest BCUT2D eigenvalue weighted by Crippen LogP contribution is -2.43. The van der Waals surface area contributed by atoms with Gasteiger partial charge in [0.2, 0.25) is 0 Å². The van der Waals surface area contributed by atoms with Crippen LogP contribution in [0.3, 0.4) is 0 Å². The number of hydrogen-bond acceptors (Lipinski definition) is 1. The molecule has 0 aliphatic carbocycles. The lowest BCUT2D eigenvalue weighted by Gasteiger charge is -2.38. The van der Waals surface area contributed by atoms with Crippen LogP contribution in [0.2, 0.25) is 18.1 Å². The third kappa shape index (κ3) is 6.47. The third-order valence-electron chi connectivity index (χ3n) is 3.67. The van der Waals surface area contributed by atoms with Crippen molar-refractivity contribution in [3.05, 3.63) is 12.1 Å². The van der Waals surface area contributed by atoms with Gasteiger partial charge >= 0.3 is 0 Å². The Kier molecular flexibility index (Phi) is 7.42. The summed E-state index contributed by atoms with van der Waals surface area (Å²) in [6.45, 7) is 13.6. The monoisotopic (exact) mass is 252 g/mol. The smallest absolute Gasteiger partial charge is 0.192 e. The Morgan fingerprint density at radius 3 is 2.24 bits per heavy atom. The quantitative estimate of drug-likeness (QED) is 0.474. The molecule has 1 unspecified atom stereocenters. The maximum atomic E-state index is 6.36. The Hall–Kier alpha value is -0.0182. The molecule has 0 saturated carbocycles. The Morgan fingerprint density at radius 2 is 1.82 bits per heavy atom. The van der Waals surface area contributed by atoms with Gasteiger partial charge in [-0.1, -0.05) is 53.0 Å². The molecule has 1 nitrogen and oxygen atoms in total. The largest absolute Gasteiger partial charge is 0.411 e. The molecule has 0 spiro atoms. The first-order valence-corrected chi connectivity index (χ1v) is 9.71. The molecule has 17 heavy (non-hydrogen) atoms. The second-order valence-electron chi connectivity index (χ2n) is 6.30. The van der Waals surface area contributed by atoms with E-state index in [0.717, 1.165) is 6.42 Å². The second-order valence-corrected chi connectivity index (χ2v) is 11.1. The molecule has 0 saturated heterocycles. The fraction of sp³-hybridized carbons (Fsp3) is 0.857. The summed E-state index contributed by atoms with van der Waals surface area (Å²) in [7, 11) is 3.84. The maximum absolute atomic E-state index is 6.36. The third-order valence-corrected chi connectivity index (χ3v) is 8.17. The van der Waals surface area contributed by atoms with Gasteiger partial charge in [-0.05, 0) is 24.6 Å². The topological polar surface area (TPSA) is 9.23 Å². The standard InChI is InChI=1S/C14H29BOSi/c1-7-8-9-10-13(11-12-15)16-17(5,6)14(2,3)4/h11-13H,7-10H2,1-6H3/b12-11+. The molecule has 0 amide bonds. The van der Waals surface area contributed by atoms with Gasteiger partial charge in [0.1, 0.15) is 7.85 Å². The van der Waals surface area contributed by atoms with Crippen LogP contribution in [0.5, 0.6) is 0 Å². The SMILES string of the molecule is [B]/C=C/C(CCCCC)O[Si](C)(C)C(C)(C)C. The predicted octanol–water partition coefficient (Wildman–Crippen LogP) is 4.64. The van der Waals surface area contributed by atoms with Crippen LogP contribution in [0, 0.1) is 0 Å². The Labute approximate surface area is 111 Å². The zero-order valence-electron chi connectivity index (χ0n) is 12.5. The van der Waals surface area contributed by atoms with Crippen molar-refractivity contribution >= 4 is 16.2 Å². The van der Waals surface area contributed by atoms with E-state index in [2.05, 4.69) is 40.8 Å². The van der Waals surface area contributed by atoms with Crippen LogP contribution in [-0.4, -0.2) is 22.3 Å². The predicted molar refractivity (Wildman–Crippen MR) is 81.1 cm³/mol. The summed E-state index contributed by atoms with van der Waals surface area (Å²) < 4.78 is 6.36. The van der Waals surface area contributed by atoms with Gasteiger partial charge in [0.25, 0.3) is 0 Å². The van der Waals surface area contributed by atoms with E-state index >= 15 is 0 Å². The molecule has 1 atom stereocenters. The van der Waals surface area contributed by atoms with E-state index < -0.39 is 8.32 Å². The molecule has 2 radical (unpaired) electrons. The molecule has 0 aromatic carbocycles. The fourth-order valence-electron chi connectivity index (χ4n) is 1.47. The first kappa shape index (κ1) is 17.0. The fourth-order valence-corrected chi connectivity index (χ4v) is 2.78. The molecule has 0 aromatic rings. The molecule has 0 rings (SSSR count). The number of rotatable bonds is 7. The minimum Gasteiger partial charge on any atom is -0.411 e. The highest BCUT2D eigenvalue weighted by molar-refractivity contribution is 6.74. The Balaban J connectivity index is 4.43. The van der Waals surface area contributed by atoms with Crippen LogP contribution in [-0.2, 0) is 4.43 Å². The molecule has 0 aliphatic heterocycles. The van der Waals surface area contributed by atoms with Gasteiger partial charge in [0.15, 0.2) is 8.32 Å². The van der Waals surface area contributed by atoms with Crippen molar-refractivity contribution in [2.75, 3.05) is 0 Å². The number of unbranched alkanes of at least 4 members (excludes halogenated alkanes) is 2. The summed E-state index contributed by atoms with van der Waals surface area (Å²) >= 11 is 0. The lowest BCUT2D eigenvalue weighted by molar-refractivity contribution is 0.211. The zero-order valence-corrected chi connectivity index (χ0v) is 13.5. The number of hydrogen-bond donors (Lipinski definition) is 0. The van der Waals surface area contributed by atoms with Crippen LogP contribution < -0.4 is 0 Å². The van der Waals surface area contributed by atoms with Crippen LogP contribution in [0.1, 0.15) is 53.4 Å². The summed E-state index contributed by atoms with van der Waals surface area (Å²) in [5.74, 6) is 1.63. The molecule has 0 bridgehead atoms. The Bertz CT molecular complexity index is 231. The molecule has 0 aliphatic rings. The van der Waals surface area contributed by atoms with E-state index in [1.807, 2.05) is 6.08 Å². The van der Waals surface area contributed by atoms with Crippen LogP contribution in [0.4, 0.5) is 0 Å². The first-order valence-electron chi connectivity index (χ1n) is 6.81. The molecule has 0 heterocycles. The average Bonchev–Trinajstić information content (AvgIpc) is 2.16. The molecular weight excluding hydrogens is 223 g/mol. The maximum Gasteiger partial charge on any atom is 0.192 e. The summed E-state index contributed by atoms with van der Waals surface area (Å²) in [6, 6.07) is 0. The summed E-state index contributed by atoms with van der Waals surface area (Å²) in [4.78, 5) is 0. The van der Waals surface area contributed by atoms with Crippen LogP contribution in [0.15, 0.2) is 12.1 Å². The van der Waals surface area contributed by atoms with Crippen molar-refractivity contribution in [1.82, 2.24) is 0 Å². The van der Waals surface area contributed by atoms with E-state index in [-0.39, 0.29) is 11.1 Å². The molecule has 98 valence electrons. The molecule has 3 heteroatoms. The highest BCUT2D eigenvalue weighted by Gasteiger charge is 2.38. The normalized spacial score (nSPS) is 15.4. The van der Waals surface area contributed by atoms with Gasteiger partial charge < -0.3 is 4.43 Å².